The van der Waals surface area contributed by atoms with Crippen LogP contribution in [-0.2, 0) is 11.2 Å². The van der Waals surface area contributed by atoms with Crippen LogP contribution in [0.2, 0.25) is 0 Å². The Hall–Kier alpha value is -1.18. The van der Waals surface area contributed by atoms with Crippen LogP contribution in [0.25, 0.3) is 0 Å². The van der Waals surface area contributed by atoms with Gasteiger partial charge in [0.15, 0.2) is 0 Å². The lowest BCUT2D eigenvalue weighted by Gasteiger charge is -2.36. The Balaban J connectivity index is 2.09. The summed E-state index contributed by atoms with van der Waals surface area (Å²) < 4.78 is 0. The molecule has 0 unspecified atom stereocenters. The van der Waals surface area contributed by atoms with Gasteiger partial charge in [-0.25, -0.2) is 0 Å². The van der Waals surface area contributed by atoms with Crippen LogP contribution >= 0.6 is 0 Å². The molecule has 0 atom stereocenters. The van der Waals surface area contributed by atoms with E-state index in [0.29, 0.717) is 0 Å². The fourth-order valence-electron chi connectivity index (χ4n) is 1.83. The Kier molecular flexibility index (Phi) is 2.13. The summed E-state index contributed by atoms with van der Waals surface area (Å²) in [5.74, 6) is 0. The van der Waals surface area contributed by atoms with Crippen molar-refractivity contribution in [3.63, 3.8) is 0 Å². The Labute approximate surface area is 78.0 Å². The zero-order valence-corrected chi connectivity index (χ0v) is 7.57. The highest BCUT2D eigenvalue weighted by molar-refractivity contribution is 5.61. The summed E-state index contributed by atoms with van der Waals surface area (Å²) in [6, 6.07) is 5.86. The smallest absolute Gasteiger partial charge is 0.126 e. The summed E-state index contributed by atoms with van der Waals surface area (Å²) in [5, 5.41) is 0. The Bertz CT molecular complexity index is 290. The predicted octanol–water partition coefficient (Wildman–Crippen LogP) is 1.99. The van der Waals surface area contributed by atoms with E-state index in [1.54, 1.807) is 6.20 Å². The molecule has 13 heavy (non-hydrogen) atoms. The van der Waals surface area contributed by atoms with E-state index in [0.717, 1.165) is 31.2 Å². The average molecular weight is 175 g/mol. The molecule has 2 rings (SSSR count). The molecule has 2 nitrogen and oxygen atoms in total. The monoisotopic (exact) mass is 175 g/mol. The molecule has 0 aliphatic heterocycles. The van der Waals surface area contributed by atoms with E-state index < -0.39 is 0 Å². The van der Waals surface area contributed by atoms with Crippen LogP contribution in [0.5, 0.6) is 0 Å². The van der Waals surface area contributed by atoms with E-state index >= 15 is 0 Å². The average Bonchev–Trinajstić information content (AvgIpc) is 2.13. The Morgan fingerprint density at radius 2 is 2.31 bits per heavy atom. The van der Waals surface area contributed by atoms with Gasteiger partial charge >= 0.3 is 0 Å². The third-order valence-corrected chi connectivity index (χ3v) is 2.86. The second-order valence-electron chi connectivity index (χ2n) is 3.83. The topological polar surface area (TPSA) is 30.0 Å². The number of carbonyl (C=O) groups excluding carboxylic acids is 1. The molecule has 68 valence electrons. The minimum atomic E-state index is -0.0750. The van der Waals surface area contributed by atoms with Crippen LogP contribution in [0.1, 0.15) is 25.0 Å². The summed E-state index contributed by atoms with van der Waals surface area (Å²) in [7, 11) is 0. The summed E-state index contributed by atoms with van der Waals surface area (Å²) >= 11 is 0. The standard InChI is InChI=1S/C11H13NO/c13-9-11(5-3-6-11)8-10-4-1-2-7-12-10/h1-2,4,7,9H,3,5-6,8H2. The lowest BCUT2D eigenvalue weighted by atomic mass is 9.67. The van der Waals surface area contributed by atoms with E-state index in [9.17, 15) is 4.79 Å². The van der Waals surface area contributed by atoms with Gasteiger partial charge in [-0.1, -0.05) is 12.5 Å². The zero-order chi connectivity index (χ0) is 9.15. The molecule has 1 heterocycles. The number of carbonyl (C=O) groups is 1. The third kappa shape index (κ3) is 1.62. The van der Waals surface area contributed by atoms with Gasteiger partial charge in [0.25, 0.3) is 0 Å². The summed E-state index contributed by atoms with van der Waals surface area (Å²) in [4.78, 5) is 15.1. The first kappa shape index (κ1) is 8.42. The fourth-order valence-corrected chi connectivity index (χ4v) is 1.83. The molecule has 1 aromatic rings. The molecule has 1 aliphatic rings. The number of rotatable bonds is 3. The van der Waals surface area contributed by atoms with Gasteiger partial charge in [-0.2, -0.15) is 0 Å². The van der Waals surface area contributed by atoms with Crippen molar-refractivity contribution in [1.82, 2.24) is 4.98 Å². The SMILES string of the molecule is O=CC1(Cc2ccccn2)CCC1. The first-order valence-corrected chi connectivity index (χ1v) is 4.71. The van der Waals surface area contributed by atoms with E-state index in [1.165, 1.54) is 6.42 Å². The number of pyridine rings is 1. The molecule has 0 aromatic carbocycles. The van der Waals surface area contributed by atoms with Gasteiger partial charge in [-0.05, 0) is 25.0 Å². The van der Waals surface area contributed by atoms with Gasteiger partial charge in [0.05, 0.1) is 0 Å². The van der Waals surface area contributed by atoms with Crippen molar-refractivity contribution < 1.29 is 4.79 Å². The van der Waals surface area contributed by atoms with Gasteiger partial charge in [0.2, 0.25) is 0 Å². The molecule has 1 fully saturated rings. The summed E-state index contributed by atoms with van der Waals surface area (Å²) in [6.45, 7) is 0. The van der Waals surface area contributed by atoms with Crippen LogP contribution in [0.4, 0.5) is 0 Å². The molecular weight excluding hydrogens is 162 g/mol. The van der Waals surface area contributed by atoms with Crippen molar-refractivity contribution in [3.8, 4) is 0 Å². The van der Waals surface area contributed by atoms with Crippen LogP contribution < -0.4 is 0 Å². The molecule has 0 amide bonds. The summed E-state index contributed by atoms with van der Waals surface area (Å²) in [5.41, 5.74) is 0.961. The van der Waals surface area contributed by atoms with E-state index in [2.05, 4.69) is 4.98 Å². The number of hydrogen-bond acceptors (Lipinski definition) is 2. The van der Waals surface area contributed by atoms with Crippen molar-refractivity contribution in [3.05, 3.63) is 30.1 Å². The van der Waals surface area contributed by atoms with Gasteiger partial charge in [0.1, 0.15) is 6.29 Å². The minimum Gasteiger partial charge on any atom is -0.303 e. The van der Waals surface area contributed by atoms with E-state index in [1.807, 2.05) is 18.2 Å². The molecule has 0 saturated heterocycles. The lowest BCUT2D eigenvalue weighted by Crippen LogP contribution is -2.33. The molecule has 0 N–H and O–H groups in total. The van der Waals surface area contributed by atoms with Gasteiger partial charge in [-0.15, -0.1) is 0 Å². The Morgan fingerprint density at radius 3 is 2.77 bits per heavy atom. The molecule has 2 heteroatoms. The largest absolute Gasteiger partial charge is 0.303 e. The molecule has 0 spiro atoms. The van der Waals surface area contributed by atoms with Crippen molar-refractivity contribution >= 4 is 6.29 Å². The van der Waals surface area contributed by atoms with Gasteiger partial charge in [-0.3, -0.25) is 4.98 Å². The van der Waals surface area contributed by atoms with Gasteiger partial charge < -0.3 is 4.79 Å². The molecule has 1 aliphatic carbocycles. The maximum Gasteiger partial charge on any atom is 0.126 e. The highest BCUT2D eigenvalue weighted by atomic mass is 16.1. The predicted molar refractivity (Wildman–Crippen MR) is 50.3 cm³/mol. The van der Waals surface area contributed by atoms with E-state index in [-0.39, 0.29) is 5.41 Å². The normalized spacial score (nSPS) is 19.1. The highest BCUT2D eigenvalue weighted by Crippen LogP contribution is 2.41. The maximum absolute atomic E-state index is 10.9. The molecule has 0 radical (unpaired) electrons. The van der Waals surface area contributed by atoms with Crippen LogP contribution in [-0.4, -0.2) is 11.3 Å². The minimum absolute atomic E-state index is 0.0750. The number of aldehydes is 1. The molecule has 0 bridgehead atoms. The van der Waals surface area contributed by atoms with Crippen molar-refractivity contribution in [1.29, 1.82) is 0 Å². The molecule has 1 saturated carbocycles. The number of nitrogens with zero attached hydrogens (tertiary/aromatic N) is 1. The fraction of sp³-hybridized carbons (Fsp3) is 0.455. The third-order valence-electron chi connectivity index (χ3n) is 2.86. The van der Waals surface area contributed by atoms with Crippen LogP contribution in [0.15, 0.2) is 24.4 Å². The first-order valence-electron chi connectivity index (χ1n) is 4.71. The van der Waals surface area contributed by atoms with Gasteiger partial charge in [0, 0.05) is 23.7 Å². The van der Waals surface area contributed by atoms with E-state index in [4.69, 9.17) is 0 Å². The lowest BCUT2D eigenvalue weighted by molar-refractivity contribution is -0.120. The van der Waals surface area contributed by atoms with Crippen molar-refractivity contribution in [2.75, 3.05) is 0 Å². The second-order valence-corrected chi connectivity index (χ2v) is 3.83. The number of hydrogen-bond donors (Lipinski definition) is 0. The molecular formula is C11H13NO. The second kappa shape index (κ2) is 3.29. The maximum atomic E-state index is 10.9. The Morgan fingerprint density at radius 1 is 1.46 bits per heavy atom. The summed E-state index contributed by atoms with van der Waals surface area (Å²) in [6.07, 6.45) is 6.97. The van der Waals surface area contributed by atoms with Crippen molar-refractivity contribution in [2.24, 2.45) is 5.41 Å². The quantitative estimate of drug-likeness (QED) is 0.657. The number of aromatic nitrogens is 1. The molecule has 1 aromatic heterocycles. The van der Waals surface area contributed by atoms with Crippen molar-refractivity contribution in [2.45, 2.75) is 25.7 Å². The van der Waals surface area contributed by atoms with Crippen LogP contribution in [0.3, 0.4) is 0 Å². The zero-order valence-electron chi connectivity index (χ0n) is 7.57. The highest BCUT2D eigenvalue weighted by Gasteiger charge is 2.36. The first-order chi connectivity index (χ1) is 6.35. The van der Waals surface area contributed by atoms with Crippen LogP contribution in [0, 0.1) is 5.41 Å².